The Hall–Kier alpha value is -0.840. The summed E-state index contributed by atoms with van der Waals surface area (Å²) in [6, 6.07) is 0.528. The predicted octanol–water partition coefficient (Wildman–Crippen LogP) is 2.33. The first kappa shape index (κ1) is 12.6. The smallest absolute Gasteiger partial charge is 0.148 e. The fourth-order valence-electron chi connectivity index (χ4n) is 2.25. The topological polar surface area (TPSA) is 41.9 Å². The van der Waals surface area contributed by atoms with Crippen LogP contribution in [0.4, 0.5) is 11.5 Å². The fourth-order valence-corrected chi connectivity index (χ4v) is 2.77. The second kappa shape index (κ2) is 5.67. The van der Waals surface area contributed by atoms with Crippen LogP contribution in [0.2, 0.25) is 0 Å². The van der Waals surface area contributed by atoms with Crippen LogP contribution >= 0.6 is 11.8 Å². The Morgan fingerprint density at radius 2 is 2.35 bits per heavy atom. The van der Waals surface area contributed by atoms with Crippen LogP contribution in [-0.4, -0.2) is 34.4 Å². The average molecular weight is 254 g/mol. The van der Waals surface area contributed by atoms with Crippen molar-refractivity contribution in [2.45, 2.75) is 32.2 Å². The molecule has 1 aliphatic rings. The fraction of sp³-hybridized carbons (Fsp3) is 0.750. The zero-order chi connectivity index (χ0) is 12.3. The first-order valence-corrected chi connectivity index (χ1v) is 7.70. The Bertz CT molecular complexity index is 375. The lowest BCUT2D eigenvalue weighted by Gasteiger charge is -2.26. The lowest BCUT2D eigenvalue weighted by atomic mass is 10.1. The van der Waals surface area contributed by atoms with Gasteiger partial charge in [0.05, 0.1) is 5.69 Å². The molecule has 1 aromatic rings. The maximum Gasteiger partial charge on any atom is 0.148 e. The monoisotopic (exact) mass is 254 g/mol. The summed E-state index contributed by atoms with van der Waals surface area (Å²) >= 11 is 1.90. The molecule has 0 aromatic carbocycles. The van der Waals surface area contributed by atoms with Crippen LogP contribution in [-0.2, 0) is 13.5 Å². The quantitative estimate of drug-likeness (QED) is 0.846. The zero-order valence-electron chi connectivity index (χ0n) is 10.9. The number of rotatable bonds is 5. The molecule has 0 spiro atoms. The van der Waals surface area contributed by atoms with Gasteiger partial charge in [-0.15, -0.1) is 0 Å². The van der Waals surface area contributed by atoms with E-state index in [0.717, 1.165) is 25.2 Å². The summed E-state index contributed by atoms with van der Waals surface area (Å²) in [6.45, 7) is 3.20. The summed E-state index contributed by atoms with van der Waals surface area (Å²) < 4.78 is 1.97. The van der Waals surface area contributed by atoms with Gasteiger partial charge in [-0.3, -0.25) is 4.68 Å². The number of hydrogen-bond donors (Lipinski definition) is 2. The molecule has 4 nitrogen and oxygen atoms in total. The van der Waals surface area contributed by atoms with E-state index in [0.29, 0.717) is 6.04 Å². The zero-order valence-corrected chi connectivity index (χ0v) is 11.7. The Morgan fingerprint density at radius 1 is 1.53 bits per heavy atom. The number of aryl methyl sites for hydroxylation is 2. The molecule has 1 aromatic heterocycles. The molecule has 0 saturated heterocycles. The van der Waals surface area contributed by atoms with Gasteiger partial charge in [-0.1, -0.05) is 13.3 Å². The molecular formula is C12H22N4S. The number of aromatic nitrogens is 2. The molecule has 2 rings (SSSR count). The van der Waals surface area contributed by atoms with Crippen molar-refractivity contribution in [2.24, 2.45) is 7.05 Å². The van der Waals surface area contributed by atoms with Crippen molar-refractivity contribution in [1.82, 2.24) is 9.78 Å². The Morgan fingerprint density at radius 3 is 3.06 bits per heavy atom. The van der Waals surface area contributed by atoms with Crippen LogP contribution in [0.15, 0.2) is 0 Å². The minimum Gasteiger partial charge on any atom is -0.378 e. The molecule has 0 saturated carbocycles. The van der Waals surface area contributed by atoms with Crippen molar-refractivity contribution in [3.05, 3.63) is 5.69 Å². The van der Waals surface area contributed by atoms with Gasteiger partial charge >= 0.3 is 0 Å². The second-order valence-electron chi connectivity index (χ2n) is 4.55. The third-order valence-electron chi connectivity index (χ3n) is 3.14. The van der Waals surface area contributed by atoms with E-state index in [-0.39, 0.29) is 0 Å². The van der Waals surface area contributed by atoms with E-state index in [9.17, 15) is 0 Å². The number of nitrogens with zero attached hydrogens (tertiary/aromatic N) is 2. The number of thioether (sulfide) groups is 1. The average Bonchev–Trinajstić information content (AvgIpc) is 2.64. The summed E-state index contributed by atoms with van der Waals surface area (Å²) in [4.78, 5) is 0. The lowest BCUT2D eigenvalue weighted by Crippen LogP contribution is -2.34. The maximum atomic E-state index is 4.58. The molecule has 96 valence electrons. The largest absolute Gasteiger partial charge is 0.378 e. The van der Waals surface area contributed by atoms with Gasteiger partial charge in [0.1, 0.15) is 11.5 Å². The molecular weight excluding hydrogens is 232 g/mol. The highest BCUT2D eigenvalue weighted by Crippen LogP contribution is 2.30. The molecule has 0 fully saturated rings. The molecule has 1 atom stereocenters. The summed E-state index contributed by atoms with van der Waals surface area (Å²) in [5.41, 5.74) is 2.41. The summed E-state index contributed by atoms with van der Waals surface area (Å²) in [5, 5.41) is 11.7. The molecule has 2 N–H and O–H groups in total. The highest BCUT2D eigenvalue weighted by atomic mass is 32.2. The van der Waals surface area contributed by atoms with E-state index in [4.69, 9.17) is 0 Å². The molecule has 0 bridgehead atoms. The molecule has 0 amide bonds. The van der Waals surface area contributed by atoms with Crippen molar-refractivity contribution in [3.8, 4) is 0 Å². The van der Waals surface area contributed by atoms with Crippen molar-refractivity contribution in [1.29, 1.82) is 0 Å². The van der Waals surface area contributed by atoms with E-state index in [1.165, 1.54) is 23.6 Å². The van der Waals surface area contributed by atoms with Gasteiger partial charge in [0, 0.05) is 19.6 Å². The normalized spacial score (nSPS) is 18.4. The molecule has 1 aliphatic heterocycles. The summed E-state index contributed by atoms with van der Waals surface area (Å²) in [6.07, 6.45) is 5.54. The SMILES string of the molecule is CCCc1nn(C)c2c1NCC(CCSC)N2. The van der Waals surface area contributed by atoms with Gasteiger partial charge in [0.15, 0.2) is 0 Å². The van der Waals surface area contributed by atoms with Crippen LogP contribution in [0.5, 0.6) is 0 Å². The summed E-state index contributed by atoms with van der Waals surface area (Å²) in [7, 11) is 2.02. The van der Waals surface area contributed by atoms with E-state index in [2.05, 4.69) is 28.9 Å². The van der Waals surface area contributed by atoms with Crippen molar-refractivity contribution >= 4 is 23.3 Å². The van der Waals surface area contributed by atoms with Crippen LogP contribution in [0.3, 0.4) is 0 Å². The molecule has 5 heteroatoms. The van der Waals surface area contributed by atoms with Crippen molar-refractivity contribution in [2.75, 3.05) is 29.2 Å². The second-order valence-corrected chi connectivity index (χ2v) is 5.53. The van der Waals surface area contributed by atoms with Crippen molar-refractivity contribution in [3.63, 3.8) is 0 Å². The summed E-state index contributed by atoms with van der Waals surface area (Å²) in [5.74, 6) is 2.36. The highest BCUT2D eigenvalue weighted by Gasteiger charge is 2.23. The van der Waals surface area contributed by atoms with Gasteiger partial charge in [-0.2, -0.15) is 16.9 Å². The number of anilines is 2. The standard InChI is InChI=1S/C12H22N4S/c1-4-5-10-11-12(16(2)15-10)14-9(8-13-11)6-7-17-3/h9,13-14H,4-8H2,1-3H3. The van der Waals surface area contributed by atoms with Crippen LogP contribution in [0, 0.1) is 0 Å². The third-order valence-corrected chi connectivity index (χ3v) is 3.79. The van der Waals surface area contributed by atoms with Crippen LogP contribution < -0.4 is 10.6 Å². The minimum absolute atomic E-state index is 0.528. The van der Waals surface area contributed by atoms with Gasteiger partial charge in [-0.05, 0) is 24.9 Å². The minimum atomic E-state index is 0.528. The van der Waals surface area contributed by atoms with Gasteiger partial charge in [0.2, 0.25) is 0 Å². The number of hydrogen-bond acceptors (Lipinski definition) is 4. The van der Waals surface area contributed by atoms with Gasteiger partial charge in [0.25, 0.3) is 0 Å². The maximum absolute atomic E-state index is 4.58. The van der Waals surface area contributed by atoms with Gasteiger partial charge in [-0.25, -0.2) is 0 Å². The van der Waals surface area contributed by atoms with E-state index in [1.807, 2.05) is 23.5 Å². The van der Waals surface area contributed by atoms with E-state index >= 15 is 0 Å². The number of nitrogens with one attached hydrogen (secondary N) is 2. The van der Waals surface area contributed by atoms with E-state index < -0.39 is 0 Å². The molecule has 0 radical (unpaired) electrons. The van der Waals surface area contributed by atoms with E-state index in [1.54, 1.807) is 0 Å². The Labute approximate surface area is 108 Å². The van der Waals surface area contributed by atoms with Crippen LogP contribution in [0.25, 0.3) is 0 Å². The molecule has 0 aliphatic carbocycles. The lowest BCUT2D eigenvalue weighted by molar-refractivity contribution is 0.686. The number of fused-ring (bicyclic) bond motifs is 1. The molecule has 1 unspecified atom stereocenters. The first-order chi connectivity index (χ1) is 8.26. The van der Waals surface area contributed by atoms with Crippen molar-refractivity contribution < 1.29 is 0 Å². The highest BCUT2D eigenvalue weighted by molar-refractivity contribution is 7.98. The third kappa shape index (κ3) is 2.70. The first-order valence-electron chi connectivity index (χ1n) is 6.31. The predicted molar refractivity (Wildman–Crippen MR) is 76.1 cm³/mol. The molecule has 17 heavy (non-hydrogen) atoms. The Balaban J connectivity index is 2.09. The van der Waals surface area contributed by atoms with Crippen LogP contribution in [0.1, 0.15) is 25.5 Å². The Kier molecular flexibility index (Phi) is 4.20. The molecule has 2 heterocycles. The van der Waals surface area contributed by atoms with Gasteiger partial charge < -0.3 is 10.6 Å².